The molecule has 1 spiro atoms. The van der Waals surface area contributed by atoms with Gasteiger partial charge in [-0.3, -0.25) is 9.59 Å². The second-order valence-corrected chi connectivity index (χ2v) is 11.9. The highest BCUT2D eigenvalue weighted by Crippen LogP contribution is 2.46. The first-order valence-corrected chi connectivity index (χ1v) is 12.7. The molecule has 0 saturated carbocycles. The summed E-state index contributed by atoms with van der Waals surface area (Å²) in [5.41, 5.74) is 3.08. The molecular weight excluding hydrogens is 446 g/mol. The Morgan fingerprint density at radius 2 is 1.85 bits per heavy atom. The fourth-order valence-corrected chi connectivity index (χ4v) is 6.50. The average molecular weight is 478 g/mol. The SMILES string of the molecule is COc1ccc2cc(C(=O)N3CCC4(CC3)CC(=O)c3nc(C(C)(C)C)sc3C4)cc(C)c2n1. The lowest BCUT2D eigenvalue weighted by Crippen LogP contribution is -2.46. The molecule has 1 aromatic carbocycles. The maximum absolute atomic E-state index is 13.4. The Morgan fingerprint density at radius 1 is 1.12 bits per heavy atom. The molecule has 0 radical (unpaired) electrons. The third-order valence-corrected chi connectivity index (χ3v) is 8.68. The van der Waals surface area contributed by atoms with Crippen molar-refractivity contribution in [2.75, 3.05) is 20.2 Å². The van der Waals surface area contributed by atoms with Crippen LogP contribution >= 0.6 is 11.3 Å². The molecule has 1 saturated heterocycles. The number of nitrogens with zero attached hydrogens (tertiary/aromatic N) is 3. The number of hydrogen-bond donors (Lipinski definition) is 0. The summed E-state index contributed by atoms with van der Waals surface area (Å²) in [7, 11) is 1.60. The zero-order valence-corrected chi connectivity index (χ0v) is 21.3. The van der Waals surface area contributed by atoms with E-state index in [0.717, 1.165) is 45.6 Å². The van der Waals surface area contributed by atoms with Crippen LogP contribution in [0.5, 0.6) is 5.88 Å². The number of ether oxygens (including phenoxy) is 1. The Kier molecular flexibility index (Phi) is 5.51. The number of hydrogen-bond acceptors (Lipinski definition) is 6. The van der Waals surface area contributed by atoms with Crippen molar-refractivity contribution in [2.45, 2.75) is 58.8 Å². The zero-order chi connectivity index (χ0) is 24.3. The number of carbonyl (C=O) groups excluding carboxylic acids is 2. The summed E-state index contributed by atoms with van der Waals surface area (Å²) in [4.78, 5) is 38.7. The van der Waals surface area contributed by atoms with Crippen LogP contribution in [0.4, 0.5) is 0 Å². The van der Waals surface area contributed by atoms with Crippen LogP contribution in [-0.4, -0.2) is 46.8 Å². The predicted octanol–water partition coefficient (Wildman–Crippen LogP) is 5.36. The summed E-state index contributed by atoms with van der Waals surface area (Å²) in [6.07, 6.45) is 3.13. The average Bonchev–Trinajstić information content (AvgIpc) is 3.24. The van der Waals surface area contributed by atoms with Crippen molar-refractivity contribution in [3.63, 3.8) is 0 Å². The van der Waals surface area contributed by atoms with Crippen molar-refractivity contribution in [3.05, 3.63) is 51.0 Å². The summed E-state index contributed by atoms with van der Waals surface area (Å²) < 4.78 is 5.24. The number of amides is 1. The first-order chi connectivity index (χ1) is 16.1. The fraction of sp³-hybridized carbons (Fsp3) is 0.481. The number of aryl methyl sites for hydroxylation is 1. The van der Waals surface area contributed by atoms with Crippen LogP contribution in [0, 0.1) is 12.3 Å². The molecule has 3 heterocycles. The predicted molar refractivity (Wildman–Crippen MR) is 134 cm³/mol. The van der Waals surface area contributed by atoms with Gasteiger partial charge in [-0.1, -0.05) is 20.8 Å². The van der Waals surface area contributed by atoms with Gasteiger partial charge in [0.2, 0.25) is 5.88 Å². The van der Waals surface area contributed by atoms with Gasteiger partial charge in [0.25, 0.3) is 5.91 Å². The number of fused-ring (bicyclic) bond motifs is 2. The molecule has 6 nitrogen and oxygen atoms in total. The van der Waals surface area contributed by atoms with E-state index in [0.29, 0.717) is 36.6 Å². The topological polar surface area (TPSA) is 72.4 Å². The van der Waals surface area contributed by atoms with E-state index in [1.807, 2.05) is 36.1 Å². The van der Waals surface area contributed by atoms with Crippen LogP contribution < -0.4 is 4.74 Å². The number of methoxy groups -OCH3 is 1. The van der Waals surface area contributed by atoms with E-state index in [-0.39, 0.29) is 22.5 Å². The van der Waals surface area contributed by atoms with Crippen molar-refractivity contribution >= 4 is 33.9 Å². The number of thiazole rings is 1. The van der Waals surface area contributed by atoms with Gasteiger partial charge in [0.05, 0.1) is 17.6 Å². The number of rotatable bonds is 2. The number of benzene rings is 1. The minimum absolute atomic E-state index is 0.0475. The molecule has 34 heavy (non-hydrogen) atoms. The minimum Gasteiger partial charge on any atom is -0.481 e. The van der Waals surface area contributed by atoms with E-state index in [2.05, 4.69) is 25.8 Å². The molecule has 0 unspecified atom stereocenters. The molecule has 1 amide bonds. The Bertz CT molecular complexity index is 1300. The van der Waals surface area contributed by atoms with Crippen molar-refractivity contribution in [1.82, 2.24) is 14.9 Å². The Balaban J connectivity index is 1.33. The maximum atomic E-state index is 13.4. The van der Waals surface area contributed by atoms with Crippen LogP contribution in [0.3, 0.4) is 0 Å². The molecule has 0 atom stereocenters. The van der Waals surface area contributed by atoms with Gasteiger partial charge in [0, 0.05) is 46.8 Å². The third kappa shape index (κ3) is 4.00. The number of Topliss-reactive ketones (excluding diaryl/α,β-unsaturated/α-hetero) is 1. The minimum atomic E-state index is -0.0532. The zero-order valence-electron chi connectivity index (χ0n) is 20.5. The third-order valence-electron chi connectivity index (χ3n) is 7.20. The lowest BCUT2D eigenvalue weighted by molar-refractivity contribution is 0.0522. The fourth-order valence-electron chi connectivity index (χ4n) is 5.19. The molecular formula is C27H31N3O3S. The second-order valence-electron chi connectivity index (χ2n) is 10.8. The highest BCUT2D eigenvalue weighted by Gasteiger charge is 2.43. The summed E-state index contributed by atoms with van der Waals surface area (Å²) in [6.45, 7) is 9.74. The highest BCUT2D eigenvalue weighted by molar-refractivity contribution is 7.12. The summed E-state index contributed by atoms with van der Waals surface area (Å²) >= 11 is 1.70. The Morgan fingerprint density at radius 3 is 2.53 bits per heavy atom. The number of carbonyl (C=O) groups is 2. The van der Waals surface area contributed by atoms with E-state index in [9.17, 15) is 9.59 Å². The van der Waals surface area contributed by atoms with Gasteiger partial charge >= 0.3 is 0 Å². The van der Waals surface area contributed by atoms with E-state index in [1.54, 1.807) is 18.4 Å². The van der Waals surface area contributed by atoms with Gasteiger partial charge < -0.3 is 9.64 Å². The van der Waals surface area contributed by atoms with E-state index < -0.39 is 0 Å². The monoisotopic (exact) mass is 477 g/mol. The number of aromatic nitrogens is 2. The normalized spacial score (nSPS) is 17.8. The summed E-state index contributed by atoms with van der Waals surface area (Å²) in [6, 6.07) is 7.61. The molecule has 1 aliphatic heterocycles. The number of ketones is 1. The molecule has 2 aromatic heterocycles. The van der Waals surface area contributed by atoms with E-state index in [1.165, 1.54) is 0 Å². The molecule has 7 heteroatoms. The Labute approximate surface area is 204 Å². The maximum Gasteiger partial charge on any atom is 0.253 e. The van der Waals surface area contributed by atoms with Crippen molar-refractivity contribution in [1.29, 1.82) is 0 Å². The first kappa shape index (κ1) is 23.0. The number of piperidine rings is 1. The Hall–Kier alpha value is -2.80. The molecule has 2 aliphatic rings. The molecule has 178 valence electrons. The first-order valence-electron chi connectivity index (χ1n) is 11.9. The largest absolute Gasteiger partial charge is 0.481 e. The van der Waals surface area contributed by atoms with Crippen LogP contribution in [0.15, 0.2) is 24.3 Å². The van der Waals surface area contributed by atoms with Crippen LogP contribution in [-0.2, 0) is 11.8 Å². The molecule has 1 fully saturated rings. The van der Waals surface area contributed by atoms with Crippen LogP contribution in [0.2, 0.25) is 0 Å². The lowest BCUT2D eigenvalue weighted by atomic mass is 9.68. The van der Waals surface area contributed by atoms with Crippen LogP contribution in [0.25, 0.3) is 10.9 Å². The van der Waals surface area contributed by atoms with Crippen molar-refractivity contribution in [3.8, 4) is 5.88 Å². The molecule has 5 rings (SSSR count). The van der Waals surface area contributed by atoms with Gasteiger partial charge in [-0.2, -0.15) is 0 Å². The van der Waals surface area contributed by atoms with Gasteiger partial charge in [0.1, 0.15) is 5.69 Å². The standard InChI is InChI=1S/C27H31N3O3S/c1-16-12-18(13-17-6-7-21(33-5)28-22(16)17)24(32)30-10-8-27(9-11-30)14-19(31)23-20(15-27)34-25(29-23)26(2,3)4/h6-7,12-13H,8-11,14-15H2,1-5H3. The van der Waals surface area contributed by atoms with Gasteiger partial charge in [-0.15, -0.1) is 11.3 Å². The van der Waals surface area contributed by atoms with E-state index >= 15 is 0 Å². The number of likely N-dealkylation sites (tertiary alicyclic amines) is 1. The number of pyridine rings is 1. The van der Waals surface area contributed by atoms with E-state index in [4.69, 9.17) is 9.72 Å². The van der Waals surface area contributed by atoms with Gasteiger partial charge in [-0.25, -0.2) is 9.97 Å². The van der Waals surface area contributed by atoms with Gasteiger partial charge in [-0.05, 0) is 55.4 Å². The lowest BCUT2D eigenvalue weighted by Gasteiger charge is -2.43. The smallest absolute Gasteiger partial charge is 0.253 e. The molecule has 0 bridgehead atoms. The molecule has 1 aliphatic carbocycles. The summed E-state index contributed by atoms with van der Waals surface area (Å²) in [5.74, 6) is 0.781. The second kappa shape index (κ2) is 8.15. The highest BCUT2D eigenvalue weighted by atomic mass is 32.1. The summed E-state index contributed by atoms with van der Waals surface area (Å²) in [5, 5.41) is 1.97. The van der Waals surface area contributed by atoms with Crippen molar-refractivity contribution < 1.29 is 14.3 Å². The van der Waals surface area contributed by atoms with Gasteiger partial charge in [0.15, 0.2) is 5.78 Å². The van der Waals surface area contributed by atoms with Crippen molar-refractivity contribution in [2.24, 2.45) is 5.41 Å². The quantitative estimate of drug-likeness (QED) is 0.497. The molecule has 3 aromatic rings. The molecule has 0 N–H and O–H groups in total. The van der Waals surface area contributed by atoms with Crippen LogP contribution in [0.1, 0.15) is 76.3 Å².